The van der Waals surface area contributed by atoms with Crippen LogP contribution in [-0.2, 0) is 14.9 Å². The van der Waals surface area contributed by atoms with Crippen LogP contribution < -0.4 is 10.6 Å². The maximum Gasteiger partial charge on any atom is 0.305 e. The summed E-state index contributed by atoms with van der Waals surface area (Å²) in [7, 11) is -4.28. The van der Waals surface area contributed by atoms with Crippen LogP contribution in [0.25, 0.3) is 0 Å². The Morgan fingerprint density at radius 1 is 1.50 bits per heavy atom. The van der Waals surface area contributed by atoms with Crippen molar-refractivity contribution in [3.05, 3.63) is 11.8 Å². The van der Waals surface area contributed by atoms with E-state index < -0.39 is 21.5 Å². The molecule has 68 valence electrons. The molecule has 0 saturated heterocycles. The van der Waals surface area contributed by atoms with Gasteiger partial charge in [0.15, 0.2) is 0 Å². The number of carbonyl (C=O) groups is 1. The van der Waals surface area contributed by atoms with Gasteiger partial charge in [-0.25, -0.2) is 0 Å². The normalized spacial score (nSPS) is 24.0. The Hall–Kier alpha value is -1.08. The van der Waals surface area contributed by atoms with Crippen molar-refractivity contribution in [3.63, 3.8) is 0 Å². The Bertz CT molecular complexity index is 331. The molecule has 1 aliphatic heterocycles. The third-order valence-corrected chi connectivity index (χ3v) is 2.11. The zero-order chi connectivity index (χ0) is 9.35. The molecule has 1 amide bonds. The first-order chi connectivity index (χ1) is 5.39. The quantitative estimate of drug-likeness (QED) is 0.453. The topological polar surface area (TPSA) is 95.5 Å². The first kappa shape index (κ1) is 9.01. The van der Waals surface area contributed by atoms with Gasteiger partial charge in [0.25, 0.3) is 0 Å². The summed E-state index contributed by atoms with van der Waals surface area (Å²) in [4.78, 5) is 10.7. The number of rotatable bonds is 1. The molecule has 0 aromatic rings. The minimum Gasteiger partial charge on any atom is -0.354 e. The molecular weight excluding hydrogens is 184 g/mol. The number of carbonyl (C=O) groups excluding carboxylic acids is 1. The summed E-state index contributed by atoms with van der Waals surface area (Å²) in [6, 6.07) is 0. The predicted octanol–water partition coefficient (Wildman–Crippen LogP) is -1.22. The molecular formula is C5H8N2O4S. The molecule has 1 heterocycles. The molecule has 1 unspecified atom stereocenters. The predicted molar refractivity (Wildman–Crippen MR) is 40.4 cm³/mol. The van der Waals surface area contributed by atoms with E-state index in [9.17, 15) is 13.2 Å². The summed E-state index contributed by atoms with van der Waals surface area (Å²) < 4.78 is 29.6. The Kier molecular flexibility index (Phi) is 2.07. The van der Waals surface area contributed by atoms with Gasteiger partial charge in [-0.3, -0.25) is 9.35 Å². The van der Waals surface area contributed by atoms with Gasteiger partial charge in [0.1, 0.15) is 0 Å². The van der Waals surface area contributed by atoms with E-state index in [0.717, 1.165) is 0 Å². The van der Waals surface area contributed by atoms with Crippen LogP contribution in [0.2, 0.25) is 0 Å². The van der Waals surface area contributed by atoms with Gasteiger partial charge in [-0.1, -0.05) is 0 Å². The second-order valence-electron chi connectivity index (χ2n) is 2.38. The molecule has 0 aliphatic carbocycles. The molecule has 12 heavy (non-hydrogen) atoms. The molecule has 3 N–H and O–H groups in total. The van der Waals surface area contributed by atoms with Crippen molar-refractivity contribution in [3.8, 4) is 0 Å². The first-order valence-corrected chi connectivity index (χ1v) is 4.61. The van der Waals surface area contributed by atoms with Gasteiger partial charge >= 0.3 is 10.1 Å². The van der Waals surface area contributed by atoms with Crippen molar-refractivity contribution < 1.29 is 17.8 Å². The van der Waals surface area contributed by atoms with E-state index in [1.54, 1.807) is 0 Å². The summed E-state index contributed by atoms with van der Waals surface area (Å²) in [5, 5.41) is 4.40. The lowest BCUT2D eigenvalue weighted by molar-refractivity contribution is -0.117. The fourth-order valence-corrected chi connectivity index (χ4v) is 1.40. The smallest absolute Gasteiger partial charge is 0.305 e. The summed E-state index contributed by atoms with van der Waals surface area (Å²) in [6.07, 6.45) is 1.20. The highest BCUT2D eigenvalue weighted by molar-refractivity contribution is 7.86. The average Bonchev–Trinajstić information content (AvgIpc) is 1.82. The third-order valence-electron chi connectivity index (χ3n) is 1.28. The van der Waals surface area contributed by atoms with Crippen LogP contribution in [-0.4, -0.2) is 24.4 Å². The van der Waals surface area contributed by atoms with E-state index in [1.165, 1.54) is 13.0 Å². The summed E-state index contributed by atoms with van der Waals surface area (Å²) in [5.41, 5.74) is -1.05. The van der Waals surface area contributed by atoms with Crippen LogP contribution in [0, 0.1) is 0 Å². The van der Waals surface area contributed by atoms with E-state index in [-0.39, 0.29) is 0 Å². The van der Waals surface area contributed by atoms with Gasteiger partial charge in [0.2, 0.25) is 11.4 Å². The molecule has 6 nitrogen and oxygen atoms in total. The molecule has 0 radical (unpaired) electrons. The van der Waals surface area contributed by atoms with E-state index in [1.807, 2.05) is 5.32 Å². The second kappa shape index (κ2) is 2.76. The molecule has 0 saturated carbocycles. The highest BCUT2D eigenvalue weighted by Crippen LogP contribution is 2.00. The Morgan fingerprint density at radius 3 is 2.50 bits per heavy atom. The summed E-state index contributed by atoms with van der Waals surface area (Å²) in [5.74, 6) is -0.547. The Balaban J connectivity index is 2.89. The van der Waals surface area contributed by atoms with Crippen LogP contribution in [0.1, 0.15) is 6.92 Å². The van der Waals surface area contributed by atoms with Gasteiger partial charge < -0.3 is 10.6 Å². The average molecular weight is 192 g/mol. The molecule has 1 atom stereocenters. The van der Waals surface area contributed by atoms with Gasteiger partial charge in [0, 0.05) is 11.8 Å². The highest BCUT2D eigenvalue weighted by Gasteiger charge is 2.26. The van der Waals surface area contributed by atoms with Crippen molar-refractivity contribution in [2.24, 2.45) is 0 Å². The lowest BCUT2D eigenvalue weighted by Crippen LogP contribution is -2.52. The summed E-state index contributed by atoms with van der Waals surface area (Å²) >= 11 is 0. The van der Waals surface area contributed by atoms with Crippen LogP contribution in [0.4, 0.5) is 0 Å². The molecule has 1 rings (SSSR count). The largest absolute Gasteiger partial charge is 0.354 e. The zero-order valence-corrected chi connectivity index (χ0v) is 7.05. The van der Waals surface area contributed by atoms with Gasteiger partial charge in [-0.05, 0) is 6.92 Å². The van der Waals surface area contributed by atoms with Crippen LogP contribution in [0.15, 0.2) is 11.8 Å². The van der Waals surface area contributed by atoms with Gasteiger partial charge in [-0.2, -0.15) is 8.42 Å². The Labute approximate surface area is 69.4 Å². The number of allylic oxidation sites excluding steroid dienone is 1. The van der Waals surface area contributed by atoms with Crippen molar-refractivity contribution in [1.82, 2.24) is 10.6 Å². The molecule has 1 aliphatic rings. The summed E-state index contributed by atoms with van der Waals surface area (Å²) in [6.45, 7) is 1.52. The fraction of sp³-hybridized carbons (Fsp3) is 0.400. The minimum atomic E-state index is -4.28. The molecule has 0 bridgehead atoms. The second-order valence-corrected chi connectivity index (χ2v) is 3.88. The van der Waals surface area contributed by atoms with E-state index in [4.69, 9.17) is 4.55 Å². The molecule has 7 heteroatoms. The van der Waals surface area contributed by atoms with Crippen molar-refractivity contribution in [2.75, 3.05) is 0 Å². The van der Waals surface area contributed by atoms with E-state index in [0.29, 0.717) is 5.70 Å². The first-order valence-electron chi connectivity index (χ1n) is 3.11. The van der Waals surface area contributed by atoms with Gasteiger partial charge in [-0.15, -0.1) is 0 Å². The molecule has 0 spiro atoms. The van der Waals surface area contributed by atoms with E-state index in [2.05, 4.69) is 5.32 Å². The van der Waals surface area contributed by atoms with E-state index >= 15 is 0 Å². The highest BCUT2D eigenvalue weighted by atomic mass is 32.2. The lowest BCUT2D eigenvalue weighted by Gasteiger charge is -2.21. The number of hydrogen-bond donors (Lipinski definition) is 3. The lowest BCUT2D eigenvalue weighted by atomic mass is 10.4. The van der Waals surface area contributed by atoms with Crippen LogP contribution in [0.3, 0.4) is 0 Å². The standard InChI is InChI=1S/C5H8N2O4S/c1-3-2-4(8)7-5(6-3)12(9,10)11/h2,5-6H,1H3,(H,7,8)(H,9,10,11). The molecule has 0 aromatic carbocycles. The SMILES string of the molecule is CC1=CC(=O)NC(S(=O)(=O)O)N1. The monoisotopic (exact) mass is 192 g/mol. The van der Waals surface area contributed by atoms with Crippen molar-refractivity contribution in [1.29, 1.82) is 0 Å². The third kappa shape index (κ3) is 1.95. The van der Waals surface area contributed by atoms with Crippen molar-refractivity contribution in [2.45, 2.75) is 12.4 Å². The van der Waals surface area contributed by atoms with Crippen LogP contribution in [0.5, 0.6) is 0 Å². The maximum atomic E-state index is 10.7. The number of hydrogen-bond acceptors (Lipinski definition) is 4. The minimum absolute atomic E-state index is 0.390. The van der Waals surface area contributed by atoms with Gasteiger partial charge in [0.05, 0.1) is 0 Å². The number of amides is 1. The fourth-order valence-electron chi connectivity index (χ4n) is 0.801. The number of nitrogens with one attached hydrogen (secondary N) is 2. The van der Waals surface area contributed by atoms with Crippen LogP contribution >= 0.6 is 0 Å². The molecule has 0 fully saturated rings. The maximum absolute atomic E-state index is 10.7. The Morgan fingerprint density at radius 2 is 2.08 bits per heavy atom. The van der Waals surface area contributed by atoms with Crippen molar-refractivity contribution >= 4 is 16.0 Å². The zero-order valence-electron chi connectivity index (χ0n) is 6.23. The molecule has 0 aromatic heterocycles.